The van der Waals surface area contributed by atoms with E-state index in [1.165, 1.54) is 6.33 Å². The summed E-state index contributed by atoms with van der Waals surface area (Å²) in [6, 6.07) is 9.13. The Hall–Kier alpha value is -2.99. The van der Waals surface area contributed by atoms with Gasteiger partial charge in [0.25, 0.3) is 5.78 Å². The first-order valence-corrected chi connectivity index (χ1v) is 10.1. The van der Waals surface area contributed by atoms with Crippen molar-refractivity contribution in [1.29, 1.82) is 10.0 Å². The lowest BCUT2D eigenvalue weighted by atomic mass is 10.0. The summed E-state index contributed by atoms with van der Waals surface area (Å²) in [7, 11) is 0.974. The van der Waals surface area contributed by atoms with Gasteiger partial charge in [-0.2, -0.15) is 19.9 Å². The Labute approximate surface area is 158 Å². The number of benzene rings is 1. The van der Waals surface area contributed by atoms with Crippen molar-refractivity contribution < 1.29 is 4.21 Å². The average molecular weight is 383 g/mol. The molecule has 140 valence electrons. The Balaban J connectivity index is 1.95. The quantitative estimate of drug-likeness (QED) is 0.700. The van der Waals surface area contributed by atoms with Gasteiger partial charge in [0.15, 0.2) is 0 Å². The molecule has 1 unspecified atom stereocenters. The molecule has 1 aromatic carbocycles. The third-order valence-electron chi connectivity index (χ3n) is 4.31. The Kier molecular flexibility index (Phi) is 5.10. The highest BCUT2D eigenvalue weighted by Gasteiger charge is 2.17. The number of nitrogens with zero attached hydrogens (tertiary/aromatic N) is 6. The van der Waals surface area contributed by atoms with Gasteiger partial charge in [-0.1, -0.05) is 12.1 Å². The third kappa shape index (κ3) is 3.75. The van der Waals surface area contributed by atoms with Crippen LogP contribution < -0.4 is 4.90 Å². The van der Waals surface area contributed by atoms with Crippen LogP contribution in [0.5, 0.6) is 0 Å². The second kappa shape index (κ2) is 7.32. The topological polar surface area (TPSA) is 111 Å². The highest BCUT2D eigenvalue weighted by atomic mass is 32.2. The molecule has 0 amide bonds. The molecule has 27 heavy (non-hydrogen) atoms. The van der Waals surface area contributed by atoms with Gasteiger partial charge >= 0.3 is 0 Å². The SMILES string of the molecule is Cc1nc2ncnn2c(N(C)C)c1Cc1ccc(S(=N)(=O)CCC#N)cc1. The summed E-state index contributed by atoms with van der Waals surface area (Å²) >= 11 is 0. The maximum atomic E-state index is 12.4. The van der Waals surface area contributed by atoms with Crippen molar-refractivity contribution in [2.45, 2.75) is 24.7 Å². The maximum absolute atomic E-state index is 12.4. The van der Waals surface area contributed by atoms with Crippen LogP contribution in [0.1, 0.15) is 23.2 Å². The summed E-state index contributed by atoms with van der Waals surface area (Å²) < 4.78 is 22.1. The van der Waals surface area contributed by atoms with E-state index < -0.39 is 9.73 Å². The van der Waals surface area contributed by atoms with E-state index >= 15 is 0 Å². The smallest absolute Gasteiger partial charge is 0.254 e. The highest BCUT2D eigenvalue weighted by Crippen LogP contribution is 2.25. The van der Waals surface area contributed by atoms with Crippen LogP contribution in [-0.4, -0.2) is 43.6 Å². The van der Waals surface area contributed by atoms with Crippen LogP contribution in [0.4, 0.5) is 5.82 Å². The van der Waals surface area contributed by atoms with Crippen molar-refractivity contribution >= 4 is 21.3 Å². The number of hydrogen-bond donors (Lipinski definition) is 1. The van der Waals surface area contributed by atoms with Gasteiger partial charge in [-0.25, -0.2) is 14.0 Å². The van der Waals surface area contributed by atoms with E-state index in [1.807, 2.05) is 44.1 Å². The molecule has 0 aliphatic rings. The van der Waals surface area contributed by atoms with E-state index in [0.717, 1.165) is 22.6 Å². The molecule has 8 nitrogen and oxygen atoms in total. The summed E-state index contributed by atoms with van der Waals surface area (Å²) in [5.41, 5.74) is 2.92. The lowest BCUT2D eigenvalue weighted by Gasteiger charge is -2.20. The van der Waals surface area contributed by atoms with E-state index in [0.29, 0.717) is 17.1 Å². The number of nitriles is 1. The molecule has 1 atom stereocenters. The largest absolute Gasteiger partial charge is 0.362 e. The van der Waals surface area contributed by atoms with E-state index in [-0.39, 0.29) is 12.2 Å². The predicted octanol–water partition coefficient (Wildman–Crippen LogP) is 2.41. The van der Waals surface area contributed by atoms with Crippen LogP contribution in [0.15, 0.2) is 35.5 Å². The van der Waals surface area contributed by atoms with Crippen LogP contribution in [0, 0.1) is 23.0 Å². The van der Waals surface area contributed by atoms with Crippen molar-refractivity contribution in [2.75, 3.05) is 24.7 Å². The van der Waals surface area contributed by atoms with Gasteiger partial charge in [0.05, 0.1) is 15.8 Å². The Morgan fingerprint density at radius 1 is 1.30 bits per heavy atom. The molecule has 0 saturated carbocycles. The molecule has 0 spiro atoms. The molecule has 2 aromatic heterocycles. The fraction of sp³-hybridized carbons (Fsp3) is 0.333. The first-order chi connectivity index (χ1) is 12.8. The van der Waals surface area contributed by atoms with Gasteiger partial charge in [0.1, 0.15) is 12.1 Å². The Bertz CT molecular complexity index is 1110. The predicted molar refractivity (Wildman–Crippen MR) is 103 cm³/mol. The van der Waals surface area contributed by atoms with Crippen LogP contribution >= 0.6 is 0 Å². The standard InChI is InChI=1S/C18H21N7OS/c1-13-16(17(24(2)3)25-18(23-13)21-12-22-25)11-14-5-7-15(8-6-14)27(20,26)10-4-9-19/h5-8,12,20H,4,10-11H2,1-3H3. The molecular weight excluding hydrogens is 362 g/mol. The van der Waals surface area contributed by atoms with E-state index in [1.54, 1.807) is 16.6 Å². The Morgan fingerprint density at radius 2 is 2.00 bits per heavy atom. The minimum Gasteiger partial charge on any atom is -0.362 e. The van der Waals surface area contributed by atoms with Gasteiger partial charge in [0.2, 0.25) is 0 Å². The second-order valence-corrected chi connectivity index (χ2v) is 8.70. The van der Waals surface area contributed by atoms with Gasteiger partial charge in [-0.3, -0.25) is 0 Å². The number of aryl methyl sites for hydroxylation is 1. The van der Waals surface area contributed by atoms with Crippen LogP contribution in [0.25, 0.3) is 5.78 Å². The first-order valence-electron chi connectivity index (χ1n) is 8.42. The van der Waals surface area contributed by atoms with Crippen molar-refractivity contribution in [2.24, 2.45) is 0 Å². The summed E-state index contributed by atoms with van der Waals surface area (Å²) in [5.74, 6) is 1.53. The molecule has 0 fully saturated rings. The fourth-order valence-corrected chi connectivity index (χ4v) is 4.16. The third-order valence-corrected chi connectivity index (χ3v) is 6.13. The molecule has 2 heterocycles. The second-order valence-electron chi connectivity index (χ2n) is 6.47. The molecule has 3 rings (SSSR count). The molecule has 3 aromatic rings. The monoisotopic (exact) mass is 383 g/mol. The molecule has 0 bridgehead atoms. The maximum Gasteiger partial charge on any atom is 0.254 e. The van der Waals surface area contributed by atoms with E-state index in [9.17, 15) is 4.21 Å². The van der Waals surface area contributed by atoms with E-state index in [2.05, 4.69) is 15.1 Å². The van der Waals surface area contributed by atoms with Crippen molar-refractivity contribution in [3.05, 3.63) is 47.4 Å². The minimum atomic E-state index is -2.93. The van der Waals surface area contributed by atoms with Crippen molar-refractivity contribution in [3.8, 4) is 6.07 Å². The number of rotatable bonds is 6. The zero-order valence-corrected chi connectivity index (χ0v) is 16.3. The highest BCUT2D eigenvalue weighted by molar-refractivity contribution is 7.92. The summed E-state index contributed by atoms with van der Waals surface area (Å²) in [4.78, 5) is 11.1. The zero-order chi connectivity index (χ0) is 19.6. The van der Waals surface area contributed by atoms with Crippen LogP contribution in [-0.2, 0) is 16.1 Å². The van der Waals surface area contributed by atoms with Crippen LogP contribution in [0.3, 0.4) is 0 Å². The summed E-state index contributed by atoms with van der Waals surface area (Å²) in [6.07, 6.45) is 2.22. The normalized spacial score (nSPS) is 13.3. The lowest BCUT2D eigenvalue weighted by molar-refractivity contribution is 0.674. The first kappa shape index (κ1) is 18.8. The van der Waals surface area contributed by atoms with Crippen LogP contribution in [0.2, 0.25) is 0 Å². The molecule has 0 aliphatic heterocycles. The number of nitrogens with one attached hydrogen (secondary N) is 1. The molecule has 0 saturated heterocycles. The number of aromatic nitrogens is 4. The van der Waals surface area contributed by atoms with Crippen molar-refractivity contribution in [1.82, 2.24) is 19.6 Å². The van der Waals surface area contributed by atoms with Crippen molar-refractivity contribution in [3.63, 3.8) is 0 Å². The molecule has 0 aliphatic carbocycles. The lowest BCUT2D eigenvalue weighted by Crippen LogP contribution is -2.18. The molecule has 9 heteroatoms. The van der Waals surface area contributed by atoms with E-state index in [4.69, 9.17) is 10.0 Å². The zero-order valence-electron chi connectivity index (χ0n) is 15.5. The Morgan fingerprint density at radius 3 is 2.63 bits per heavy atom. The van der Waals surface area contributed by atoms with Gasteiger partial charge < -0.3 is 4.90 Å². The number of anilines is 1. The summed E-state index contributed by atoms with van der Waals surface area (Å²) in [6.45, 7) is 1.95. The van der Waals surface area contributed by atoms with Gasteiger partial charge in [-0.15, -0.1) is 0 Å². The molecule has 0 radical (unpaired) electrons. The average Bonchev–Trinajstić information content (AvgIpc) is 3.08. The number of fused-ring (bicyclic) bond motifs is 1. The van der Waals surface area contributed by atoms with Gasteiger partial charge in [-0.05, 0) is 24.6 Å². The minimum absolute atomic E-state index is 0.0552. The molecular formula is C18H21N7OS. The van der Waals surface area contributed by atoms with Gasteiger partial charge in [0, 0.05) is 48.8 Å². The number of hydrogen-bond acceptors (Lipinski definition) is 7. The molecule has 1 N–H and O–H groups in total. The fourth-order valence-electron chi connectivity index (χ4n) is 2.97. The summed E-state index contributed by atoms with van der Waals surface area (Å²) in [5, 5.41) is 12.9.